The number of fused-ring (bicyclic) bond motifs is 3. The number of hydrogen-bond acceptors (Lipinski definition) is 7. The zero-order chi connectivity index (χ0) is 21.4. The fraction of sp³-hybridized carbons (Fsp3) is 0.316. The Morgan fingerprint density at radius 2 is 2.03 bits per heavy atom. The molecule has 2 aromatic heterocycles. The standard InChI is InChI=1S/C19H15F2N3O5S/c20-12-6-9(24(27)28)7-13(21)11(12)8-29-16(25)5-4-15-22-18(26)17-10-2-1-3-14(10)30-19(17)23-15/h6-7H,1-5,8H2,(H,22,23,26). The number of ether oxygens (including phenoxy) is 1. The average molecular weight is 435 g/mol. The van der Waals surface area contributed by atoms with Crippen LogP contribution in [0.4, 0.5) is 14.5 Å². The largest absolute Gasteiger partial charge is 0.461 e. The van der Waals surface area contributed by atoms with Crippen LogP contribution in [-0.4, -0.2) is 20.9 Å². The maximum Gasteiger partial charge on any atom is 0.306 e. The van der Waals surface area contributed by atoms with E-state index < -0.39 is 40.4 Å². The van der Waals surface area contributed by atoms with Crippen molar-refractivity contribution in [3.05, 3.63) is 66.1 Å². The number of halogens is 2. The van der Waals surface area contributed by atoms with Crippen molar-refractivity contribution in [3.63, 3.8) is 0 Å². The smallest absolute Gasteiger partial charge is 0.306 e. The summed E-state index contributed by atoms with van der Waals surface area (Å²) in [5.41, 5.74) is -0.486. The molecule has 0 spiro atoms. The van der Waals surface area contributed by atoms with E-state index in [1.165, 1.54) is 16.2 Å². The minimum atomic E-state index is -1.17. The Morgan fingerprint density at radius 1 is 1.30 bits per heavy atom. The predicted octanol–water partition coefficient (Wildman–Crippen LogP) is 3.34. The zero-order valence-corrected chi connectivity index (χ0v) is 16.3. The number of non-ortho nitro benzene ring substituents is 1. The normalized spacial score (nSPS) is 12.9. The second-order valence-electron chi connectivity index (χ2n) is 6.86. The molecule has 4 rings (SSSR count). The van der Waals surface area contributed by atoms with Gasteiger partial charge in [-0.2, -0.15) is 0 Å². The van der Waals surface area contributed by atoms with Crippen LogP contribution in [-0.2, 0) is 35.4 Å². The molecule has 11 heteroatoms. The van der Waals surface area contributed by atoms with Crippen molar-refractivity contribution in [2.24, 2.45) is 0 Å². The van der Waals surface area contributed by atoms with Crippen molar-refractivity contribution in [2.75, 3.05) is 0 Å². The first-order valence-corrected chi connectivity index (χ1v) is 9.96. The van der Waals surface area contributed by atoms with Crippen LogP contribution in [0.25, 0.3) is 10.2 Å². The van der Waals surface area contributed by atoms with Crippen LogP contribution >= 0.6 is 11.3 Å². The van der Waals surface area contributed by atoms with E-state index in [0.717, 1.165) is 24.8 Å². The Labute approximate surface area is 171 Å². The molecule has 156 valence electrons. The van der Waals surface area contributed by atoms with E-state index in [1.54, 1.807) is 0 Å². The zero-order valence-electron chi connectivity index (χ0n) is 15.5. The SMILES string of the molecule is O=C(CCc1nc2sc3c(c2c(=O)[nH]1)CCC3)OCc1c(F)cc([N+](=O)[O-])cc1F. The lowest BCUT2D eigenvalue weighted by Crippen LogP contribution is -2.14. The molecular weight excluding hydrogens is 420 g/mol. The summed E-state index contributed by atoms with van der Waals surface area (Å²) in [6.07, 6.45) is 2.77. The summed E-state index contributed by atoms with van der Waals surface area (Å²) < 4.78 is 32.6. The van der Waals surface area contributed by atoms with Crippen molar-refractivity contribution in [1.29, 1.82) is 0 Å². The van der Waals surface area contributed by atoms with Crippen LogP contribution < -0.4 is 5.56 Å². The number of rotatable bonds is 6. The third-order valence-corrected chi connectivity index (χ3v) is 6.09. The number of esters is 1. The van der Waals surface area contributed by atoms with E-state index in [4.69, 9.17) is 4.74 Å². The predicted molar refractivity (Wildman–Crippen MR) is 103 cm³/mol. The Hall–Kier alpha value is -3.21. The van der Waals surface area contributed by atoms with Crippen LogP contribution in [0, 0.1) is 21.7 Å². The van der Waals surface area contributed by atoms with Gasteiger partial charge in [0.2, 0.25) is 0 Å². The third kappa shape index (κ3) is 3.80. The molecule has 2 heterocycles. The van der Waals surface area contributed by atoms with E-state index >= 15 is 0 Å². The molecule has 0 fully saturated rings. The number of aromatic amines is 1. The van der Waals surface area contributed by atoms with Gasteiger partial charge in [0.1, 0.15) is 28.9 Å². The van der Waals surface area contributed by atoms with E-state index in [0.29, 0.717) is 28.2 Å². The van der Waals surface area contributed by atoms with Crippen molar-refractivity contribution >= 4 is 33.2 Å². The first kappa shape index (κ1) is 20.1. The van der Waals surface area contributed by atoms with Gasteiger partial charge in [-0.1, -0.05) is 0 Å². The molecule has 0 aliphatic heterocycles. The number of nitro groups is 1. The van der Waals surface area contributed by atoms with Gasteiger partial charge < -0.3 is 9.72 Å². The molecule has 1 N–H and O–H groups in total. The van der Waals surface area contributed by atoms with Crippen LogP contribution in [0.3, 0.4) is 0 Å². The molecular formula is C19H15F2N3O5S. The van der Waals surface area contributed by atoms with Crippen LogP contribution in [0.5, 0.6) is 0 Å². The monoisotopic (exact) mass is 435 g/mol. The number of nitrogens with one attached hydrogen (secondary N) is 1. The second-order valence-corrected chi connectivity index (χ2v) is 7.94. The fourth-order valence-corrected chi connectivity index (χ4v) is 4.72. The molecule has 3 aromatic rings. The van der Waals surface area contributed by atoms with E-state index in [2.05, 4.69) is 9.97 Å². The van der Waals surface area contributed by atoms with Gasteiger partial charge in [-0.25, -0.2) is 13.8 Å². The summed E-state index contributed by atoms with van der Waals surface area (Å²) in [5, 5.41) is 11.2. The van der Waals surface area contributed by atoms with Crippen molar-refractivity contribution in [3.8, 4) is 0 Å². The lowest BCUT2D eigenvalue weighted by atomic mass is 10.2. The van der Waals surface area contributed by atoms with Gasteiger partial charge in [-0.3, -0.25) is 19.7 Å². The third-order valence-electron chi connectivity index (χ3n) is 4.90. The molecule has 0 radical (unpaired) electrons. The quantitative estimate of drug-likeness (QED) is 0.361. The summed E-state index contributed by atoms with van der Waals surface area (Å²) in [7, 11) is 0. The number of thiophene rings is 1. The van der Waals surface area contributed by atoms with Gasteiger partial charge >= 0.3 is 5.97 Å². The fourth-order valence-electron chi connectivity index (χ4n) is 3.44. The van der Waals surface area contributed by atoms with Crippen LogP contribution in [0.1, 0.15) is 34.7 Å². The van der Waals surface area contributed by atoms with Gasteiger partial charge in [0.15, 0.2) is 0 Å². The molecule has 0 saturated carbocycles. The number of hydrogen-bond donors (Lipinski definition) is 1. The first-order valence-electron chi connectivity index (χ1n) is 9.15. The number of carbonyl (C=O) groups is 1. The highest BCUT2D eigenvalue weighted by molar-refractivity contribution is 7.18. The summed E-state index contributed by atoms with van der Waals surface area (Å²) in [6.45, 7) is -0.699. The van der Waals surface area contributed by atoms with Gasteiger partial charge in [-0.05, 0) is 24.8 Å². The lowest BCUT2D eigenvalue weighted by molar-refractivity contribution is -0.385. The Bertz CT molecular complexity index is 1210. The molecule has 1 aromatic carbocycles. The summed E-state index contributed by atoms with van der Waals surface area (Å²) in [4.78, 5) is 42.9. The highest BCUT2D eigenvalue weighted by Crippen LogP contribution is 2.34. The Balaban J connectivity index is 1.40. The molecule has 30 heavy (non-hydrogen) atoms. The maximum absolute atomic E-state index is 13.8. The van der Waals surface area contributed by atoms with Gasteiger partial charge in [0, 0.05) is 11.3 Å². The number of nitrogens with zero attached hydrogens (tertiary/aromatic N) is 2. The number of aromatic nitrogens is 2. The molecule has 0 unspecified atom stereocenters. The molecule has 1 aliphatic carbocycles. The number of carbonyl (C=O) groups excluding carboxylic acids is 1. The molecule has 8 nitrogen and oxygen atoms in total. The minimum absolute atomic E-state index is 0.0950. The topological polar surface area (TPSA) is 115 Å². The molecule has 0 saturated heterocycles. The molecule has 0 amide bonds. The van der Waals surface area contributed by atoms with E-state index in [1.807, 2.05) is 0 Å². The van der Waals surface area contributed by atoms with Gasteiger partial charge in [0.25, 0.3) is 11.2 Å². The number of benzene rings is 1. The van der Waals surface area contributed by atoms with Gasteiger partial charge in [-0.15, -0.1) is 11.3 Å². The average Bonchev–Trinajstić information content (AvgIpc) is 3.26. The van der Waals surface area contributed by atoms with Crippen LogP contribution in [0.2, 0.25) is 0 Å². The first-order chi connectivity index (χ1) is 14.3. The number of H-pyrrole nitrogens is 1. The van der Waals surface area contributed by atoms with E-state index in [-0.39, 0.29) is 18.4 Å². The van der Waals surface area contributed by atoms with Crippen molar-refractivity contribution in [2.45, 2.75) is 38.7 Å². The highest BCUT2D eigenvalue weighted by atomic mass is 32.1. The maximum atomic E-state index is 13.8. The molecule has 0 atom stereocenters. The van der Waals surface area contributed by atoms with E-state index in [9.17, 15) is 28.5 Å². The highest BCUT2D eigenvalue weighted by Gasteiger charge is 2.22. The van der Waals surface area contributed by atoms with Crippen molar-refractivity contribution < 1.29 is 23.2 Å². The number of aryl methyl sites for hydroxylation is 3. The molecule has 0 bridgehead atoms. The second kappa shape index (κ2) is 7.90. The van der Waals surface area contributed by atoms with Crippen LogP contribution in [0.15, 0.2) is 16.9 Å². The lowest BCUT2D eigenvalue weighted by Gasteiger charge is -2.07. The Morgan fingerprint density at radius 3 is 2.73 bits per heavy atom. The Kier molecular flexibility index (Phi) is 5.29. The van der Waals surface area contributed by atoms with Crippen molar-refractivity contribution in [1.82, 2.24) is 9.97 Å². The number of nitro benzene ring substituents is 1. The van der Waals surface area contributed by atoms with Gasteiger partial charge in [0.05, 0.1) is 34.4 Å². The molecule has 1 aliphatic rings. The summed E-state index contributed by atoms with van der Waals surface area (Å²) in [6, 6.07) is 1.13. The minimum Gasteiger partial charge on any atom is -0.461 e. The summed E-state index contributed by atoms with van der Waals surface area (Å²) in [5.74, 6) is -2.76. The summed E-state index contributed by atoms with van der Waals surface area (Å²) >= 11 is 1.48.